The van der Waals surface area contributed by atoms with Gasteiger partial charge in [-0.05, 0) is 38.5 Å². The molecule has 2 rings (SSSR count). The van der Waals surface area contributed by atoms with Gasteiger partial charge in [0.25, 0.3) is 0 Å². The molecule has 0 aliphatic carbocycles. The molecule has 1 saturated heterocycles. The number of carbonyl (C=O) groups is 3. The van der Waals surface area contributed by atoms with Crippen LogP contribution in [0.2, 0.25) is 0 Å². The van der Waals surface area contributed by atoms with E-state index in [1.807, 2.05) is 13.8 Å². The number of nitrogens with zero attached hydrogens (tertiary/aromatic N) is 1. The van der Waals surface area contributed by atoms with Crippen LogP contribution in [0.1, 0.15) is 39.2 Å². The van der Waals surface area contributed by atoms with Crippen molar-refractivity contribution in [3.05, 3.63) is 29.8 Å². The van der Waals surface area contributed by atoms with E-state index in [0.29, 0.717) is 0 Å². The molecule has 1 fully saturated rings. The highest BCUT2D eigenvalue weighted by molar-refractivity contribution is 6.01. The minimum absolute atomic E-state index is 0.0312. The molecule has 3 atom stereocenters. The van der Waals surface area contributed by atoms with Crippen LogP contribution in [0.4, 0.5) is 18.9 Å². The van der Waals surface area contributed by atoms with E-state index in [9.17, 15) is 27.6 Å². The van der Waals surface area contributed by atoms with Gasteiger partial charge < -0.3 is 15.5 Å². The molecule has 6 nitrogen and oxygen atoms in total. The lowest BCUT2D eigenvalue weighted by Gasteiger charge is -2.20. The maximum Gasteiger partial charge on any atom is 0.416 e. The molecule has 3 amide bonds. The molecule has 1 heterocycles. The number of carbonyl (C=O) groups excluding carboxylic acids is 3. The number of hydrogen-bond donors (Lipinski definition) is 2. The quantitative estimate of drug-likeness (QED) is 0.772. The fourth-order valence-electron chi connectivity index (χ4n) is 2.85. The van der Waals surface area contributed by atoms with Gasteiger partial charge in [-0.15, -0.1) is 0 Å². The monoisotopic (exact) mass is 399 g/mol. The number of hydrogen-bond acceptors (Lipinski definition) is 3. The third kappa shape index (κ3) is 5.24. The standard InChI is InChI=1S/C19H24F3N3O3/c1-4-11(2)23-17(27)12(3)24-18(28)13-8-16(26)25(10-13)15-7-5-6-14(9-15)19(20,21)22/h5-7,9,11-13H,4,8,10H2,1-3H3,(H,23,27)(H,24,28). The zero-order valence-electron chi connectivity index (χ0n) is 16.0. The van der Waals surface area contributed by atoms with Gasteiger partial charge in [0.15, 0.2) is 0 Å². The van der Waals surface area contributed by atoms with Gasteiger partial charge in [-0.1, -0.05) is 13.0 Å². The lowest BCUT2D eigenvalue weighted by molar-refractivity contribution is -0.137. The molecule has 0 bridgehead atoms. The van der Waals surface area contributed by atoms with Crippen molar-refractivity contribution in [2.75, 3.05) is 11.4 Å². The normalized spacial score (nSPS) is 19.3. The molecule has 1 aromatic rings. The Hall–Kier alpha value is -2.58. The molecule has 1 aromatic carbocycles. The molecule has 9 heteroatoms. The average molecular weight is 399 g/mol. The van der Waals surface area contributed by atoms with E-state index < -0.39 is 35.5 Å². The molecule has 1 aliphatic rings. The van der Waals surface area contributed by atoms with Crippen molar-refractivity contribution in [1.82, 2.24) is 10.6 Å². The number of nitrogens with one attached hydrogen (secondary N) is 2. The summed E-state index contributed by atoms with van der Waals surface area (Å²) < 4.78 is 38.7. The van der Waals surface area contributed by atoms with Crippen LogP contribution in [0.15, 0.2) is 24.3 Å². The van der Waals surface area contributed by atoms with Crippen molar-refractivity contribution < 1.29 is 27.6 Å². The Morgan fingerprint density at radius 1 is 1.25 bits per heavy atom. The molecule has 0 aromatic heterocycles. The highest BCUT2D eigenvalue weighted by atomic mass is 19.4. The first-order valence-corrected chi connectivity index (χ1v) is 9.11. The molecular formula is C19H24F3N3O3. The first kappa shape index (κ1) is 21.7. The summed E-state index contributed by atoms with van der Waals surface area (Å²) in [6, 6.07) is 3.62. The third-order valence-corrected chi connectivity index (χ3v) is 4.73. The van der Waals surface area contributed by atoms with Crippen LogP contribution in [0.3, 0.4) is 0 Å². The van der Waals surface area contributed by atoms with E-state index in [1.54, 1.807) is 0 Å². The summed E-state index contributed by atoms with van der Waals surface area (Å²) in [7, 11) is 0. The number of amides is 3. The Bertz CT molecular complexity index is 751. The van der Waals surface area contributed by atoms with Gasteiger partial charge in [-0.25, -0.2) is 0 Å². The summed E-state index contributed by atoms with van der Waals surface area (Å²) in [6.07, 6.45) is -3.90. The van der Waals surface area contributed by atoms with Gasteiger partial charge in [0.05, 0.1) is 11.5 Å². The van der Waals surface area contributed by atoms with Crippen LogP contribution >= 0.6 is 0 Å². The van der Waals surface area contributed by atoms with Crippen LogP contribution in [0.25, 0.3) is 0 Å². The Labute approximate surface area is 161 Å². The largest absolute Gasteiger partial charge is 0.416 e. The Morgan fingerprint density at radius 3 is 2.54 bits per heavy atom. The summed E-state index contributed by atoms with van der Waals surface area (Å²) in [4.78, 5) is 37.9. The van der Waals surface area contributed by atoms with Crippen molar-refractivity contribution in [1.29, 1.82) is 0 Å². The van der Waals surface area contributed by atoms with E-state index in [2.05, 4.69) is 10.6 Å². The number of rotatable bonds is 6. The predicted octanol–water partition coefficient (Wildman–Crippen LogP) is 2.48. The van der Waals surface area contributed by atoms with E-state index in [4.69, 9.17) is 0 Å². The minimum Gasteiger partial charge on any atom is -0.352 e. The molecule has 154 valence electrons. The predicted molar refractivity (Wildman–Crippen MR) is 97.4 cm³/mol. The zero-order valence-corrected chi connectivity index (χ0v) is 16.0. The minimum atomic E-state index is -4.52. The second kappa shape index (κ2) is 8.62. The first-order chi connectivity index (χ1) is 13.0. The summed E-state index contributed by atoms with van der Waals surface area (Å²) >= 11 is 0. The molecule has 0 saturated carbocycles. The number of anilines is 1. The summed E-state index contributed by atoms with van der Waals surface area (Å²) in [5.74, 6) is -1.98. The molecule has 2 N–H and O–H groups in total. The smallest absolute Gasteiger partial charge is 0.352 e. The zero-order chi connectivity index (χ0) is 21.1. The molecule has 0 spiro atoms. The van der Waals surface area contributed by atoms with Gasteiger partial charge in [-0.3, -0.25) is 14.4 Å². The SMILES string of the molecule is CCC(C)NC(=O)C(C)NC(=O)C1CC(=O)N(c2cccc(C(F)(F)F)c2)C1. The Balaban J connectivity index is 2.02. The Kier molecular flexibility index (Phi) is 6.69. The number of halogens is 3. The van der Waals surface area contributed by atoms with E-state index in [-0.39, 0.29) is 30.6 Å². The summed E-state index contributed by atoms with van der Waals surface area (Å²) in [6.45, 7) is 5.26. The highest BCUT2D eigenvalue weighted by Gasteiger charge is 2.37. The van der Waals surface area contributed by atoms with Crippen LogP contribution in [-0.2, 0) is 20.6 Å². The summed E-state index contributed by atoms with van der Waals surface area (Å²) in [5, 5.41) is 5.32. The third-order valence-electron chi connectivity index (χ3n) is 4.73. The fourth-order valence-corrected chi connectivity index (χ4v) is 2.85. The average Bonchev–Trinajstić information content (AvgIpc) is 3.02. The summed E-state index contributed by atoms with van der Waals surface area (Å²) in [5.41, 5.74) is -0.765. The second-order valence-electron chi connectivity index (χ2n) is 7.00. The van der Waals surface area contributed by atoms with Gasteiger partial charge in [0.2, 0.25) is 17.7 Å². The molecular weight excluding hydrogens is 375 g/mol. The van der Waals surface area contributed by atoms with Crippen molar-refractivity contribution in [3.63, 3.8) is 0 Å². The maximum absolute atomic E-state index is 12.9. The van der Waals surface area contributed by atoms with Gasteiger partial charge in [0, 0.05) is 24.7 Å². The van der Waals surface area contributed by atoms with Crippen LogP contribution in [-0.4, -0.2) is 36.3 Å². The number of benzene rings is 1. The lowest BCUT2D eigenvalue weighted by Crippen LogP contribution is -2.49. The lowest BCUT2D eigenvalue weighted by atomic mass is 10.1. The topological polar surface area (TPSA) is 78.5 Å². The van der Waals surface area contributed by atoms with Crippen LogP contribution < -0.4 is 15.5 Å². The van der Waals surface area contributed by atoms with Crippen molar-refractivity contribution in [2.24, 2.45) is 5.92 Å². The Morgan fingerprint density at radius 2 is 1.93 bits per heavy atom. The molecule has 3 unspecified atom stereocenters. The van der Waals surface area contributed by atoms with E-state index in [0.717, 1.165) is 18.6 Å². The molecule has 1 aliphatic heterocycles. The van der Waals surface area contributed by atoms with Gasteiger partial charge in [-0.2, -0.15) is 13.2 Å². The van der Waals surface area contributed by atoms with E-state index in [1.165, 1.54) is 24.0 Å². The number of alkyl halides is 3. The van der Waals surface area contributed by atoms with Crippen molar-refractivity contribution >= 4 is 23.4 Å². The molecule has 28 heavy (non-hydrogen) atoms. The van der Waals surface area contributed by atoms with Gasteiger partial charge >= 0.3 is 6.18 Å². The van der Waals surface area contributed by atoms with Crippen LogP contribution in [0, 0.1) is 5.92 Å². The second-order valence-corrected chi connectivity index (χ2v) is 7.00. The van der Waals surface area contributed by atoms with Crippen LogP contribution in [0.5, 0.6) is 0 Å². The highest BCUT2D eigenvalue weighted by Crippen LogP contribution is 2.33. The molecule has 0 radical (unpaired) electrons. The fraction of sp³-hybridized carbons (Fsp3) is 0.526. The van der Waals surface area contributed by atoms with Crippen molar-refractivity contribution in [3.8, 4) is 0 Å². The van der Waals surface area contributed by atoms with Crippen molar-refractivity contribution in [2.45, 2.75) is 51.9 Å². The van der Waals surface area contributed by atoms with Gasteiger partial charge in [0.1, 0.15) is 6.04 Å². The first-order valence-electron chi connectivity index (χ1n) is 9.11. The van der Waals surface area contributed by atoms with E-state index >= 15 is 0 Å². The maximum atomic E-state index is 12.9.